The summed E-state index contributed by atoms with van der Waals surface area (Å²) < 4.78 is 1.87. The predicted molar refractivity (Wildman–Crippen MR) is 106 cm³/mol. The minimum atomic E-state index is 0.0897. The lowest BCUT2D eigenvalue weighted by atomic mass is 9.65. The zero-order chi connectivity index (χ0) is 19.1. The van der Waals surface area contributed by atoms with Gasteiger partial charge in [0, 0.05) is 43.0 Å². The number of pyridine rings is 1. The second kappa shape index (κ2) is 6.41. The second-order valence-corrected chi connectivity index (χ2v) is 8.29. The summed E-state index contributed by atoms with van der Waals surface area (Å²) in [6, 6.07) is 6.15. The van der Waals surface area contributed by atoms with Gasteiger partial charge in [-0.1, -0.05) is 19.9 Å². The Balaban J connectivity index is 1.66. The molecule has 1 fully saturated rings. The van der Waals surface area contributed by atoms with E-state index in [1.165, 1.54) is 0 Å². The maximum Gasteiger partial charge on any atom is 0.194 e. The zero-order valence-electron chi connectivity index (χ0n) is 17.0. The van der Waals surface area contributed by atoms with E-state index in [0.717, 1.165) is 35.3 Å². The molecule has 6 nitrogen and oxygen atoms in total. The van der Waals surface area contributed by atoms with Crippen molar-refractivity contribution < 1.29 is 0 Å². The van der Waals surface area contributed by atoms with Gasteiger partial charge in [-0.05, 0) is 45.4 Å². The number of hydrogen-bond acceptors (Lipinski definition) is 3. The van der Waals surface area contributed by atoms with Crippen molar-refractivity contribution in [1.29, 1.82) is 0 Å². The Morgan fingerprint density at radius 1 is 1.23 bits per heavy atom. The Bertz CT molecular complexity index is 813. The lowest BCUT2D eigenvalue weighted by molar-refractivity contribution is -0.0667. The minimum Gasteiger partial charge on any atom is -0.352 e. The molecule has 0 saturated carbocycles. The topological polar surface area (TPSA) is 58.3 Å². The number of nitrogens with one attached hydrogen (secondary N) is 1. The third-order valence-electron chi connectivity index (χ3n) is 5.84. The Labute approximate surface area is 156 Å². The van der Waals surface area contributed by atoms with Crippen molar-refractivity contribution in [3.8, 4) is 5.82 Å². The number of rotatable bonds is 3. The van der Waals surface area contributed by atoms with E-state index in [-0.39, 0.29) is 11.0 Å². The van der Waals surface area contributed by atoms with Crippen molar-refractivity contribution in [2.24, 2.45) is 10.4 Å². The number of hydrogen-bond donors (Lipinski definition) is 1. The molecule has 2 aromatic heterocycles. The SMILES string of the molecule is CN=C(NCc1ccc(-n2nc(C)cc2C)nc1)N1CC(C)(C)C1(C)C. The van der Waals surface area contributed by atoms with Gasteiger partial charge in [-0.3, -0.25) is 4.99 Å². The fraction of sp³-hybridized carbons (Fsp3) is 0.550. The van der Waals surface area contributed by atoms with E-state index in [0.29, 0.717) is 6.54 Å². The summed E-state index contributed by atoms with van der Waals surface area (Å²) in [4.78, 5) is 11.4. The number of guanidine groups is 1. The van der Waals surface area contributed by atoms with Crippen molar-refractivity contribution in [2.75, 3.05) is 13.6 Å². The molecular formula is C20H30N6. The van der Waals surface area contributed by atoms with Gasteiger partial charge in [0.1, 0.15) is 0 Å². The minimum absolute atomic E-state index is 0.0897. The number of likely N-dealkylation sites (tertiary alicyclic amines) is 1. The van der Waals surface area contributed by atoms with Gasteiger partial charge in [-0.15, -0.1) is 0 Å². The Morgan fingerprint density at radius 3 is 2.42 bits per heavy atom. The number of aliphatic imine (C=N–C) groups is 1. The van der Waals surface area contributed by atoms with E-state index >= 15 is 0 Å². The molecule has 6 heteroatoms. The van der Waals surface area contributed by atoms with Crippen LogP contribution < -0.4 is 5.32 Å². The van der Waals surface area contributed by atoms with Crippen LogP contribution in [0.5, 0.6) is 0 Å². The van der Waals surface area contributed by atoms with Crippen LogP contribution in [-0.2, 0) is 6.54 Å². The van der Waals surface area contributed by atoms with E-state index in [4.69, 9.17) is 0 Å². The largest absolute Gasteiger partial charge is 0.352 e. The van der Waals surface area contributed by atoms with Crippen molar-refractivity contribution >= 4 is 5.96 Å². The van der Waals surface area contributed by atoms with Gasteiger partial charge in [0.25, 0.3) is 0 Å². The summed E-state index contributed by atoms with van der Waals surface area (Å²) in [5.41, 5.74) is 3.58. The Kier molecular flexibility index (Phi) is 4.54. The van der Waals surface area contributed by atoms with Crippen LogP contribution in [0.15, 0.2) is 29.4 Å². The van der Waals surface area contributed by atoms with Crippen LogP contribution in [0.2, 0.25) is 0 Å². The Hall–Kier alpha value is -2.37. The summed E-state index contributed by atoms with van der Waals surface area (Å²) in [6.07, 6.45) is 1.90. The van der Waals surface area contributed by atoms with Crippen LogP contribution >= 0.6 is 0 Å². The normalized spacial score (nSPS) is 18.6. The first-order valence-electron chi connectivity index (χ1n) is 9.12. The second-order valence-electron chi connectivity index (χ2n) is 8.29. The number of aromatic nitrogens is 3. The van der Waals surface area contributed by atoms with Crippen molar-refractivity contribution in [3.63, 3.8) is 0 Å². The standard InChI is InChI=1S/C20H30N6/c1-14-10-15(2)26(24-14)17-9-8-16(11-22-17)12-23-18(21-7)25-13-19(3,4)20(25,5)6/h8-11H,12-13H2,1-7H3,(H,21,23). The highest BCUT2D eigenvalue weighted by atomic mass is 15.4. The van der Waals surface area contributed by atoms with E-state index < -0.39 is 0 Å². The van der Waals surface area contributed by atoms with E-state index in [1.54, 1.807) is 0 Å². The fourth-order valence-corrected chi connectivity index (χ4v) is 3.38. The quantitative estimate of drug-likeness (QED) is 0.680. The van der Waals surface area contributed by atoms with Gasteiger partial charge >= 0.3 is 0 Å². The number of nitrogens with zero attached hydrogens (tertiary/aromatic N) is 5. The molecule has 0 spiro atoms. The molecule has 3 heterocycles. The van der Waals surface area contributed by atoms with Crippen molar-refractivity contribution in [2.45, 2.75) is 53.6 Å². The maximum atomic E-state index is 4.56. The molecule has 0 amide bonds. The van der Waals surface area contributed by atoms with Crippen LogP contribution in [0.25, 0.3) is 5.82 Å². The molecule has 3 rings (SSSR count). The van der Waals surface area contributed by atoms with Gasteiger partial charge in [0.15, 0.2) is 11.8 Å². The average molecular weight is 355 g/mol. The molecule has 0 atom stereocenters. The van der Waals surface area contributed by atoms with Crippen LogP contribution in [-0.4, -0.2) is 44.8 Å². The average Bonchev–Trinajstić information content (AvgIpc) is 2.93. The fourth-order valence-electron chi connectivity index (χ4n) is 3.38. The third-order valence-corrected chi connectivity index (χ3v) is 5.84. The van der Waals surface area contributed by atoms with Gasteiger partial charge in [0.2, 0.25) is 0 Å². The first-order chi connectivity index (χ1) is 12.2. The van der Waals surface area contributed by atoms with Crippen molar-refractivity contribution in [3.05, 3.63) is 41.3 Å². The van der Waals surface area contributed by atoms with E-state index in [9.17, 15) is 0 Å². The first kappa shape index (κ1) is 18.4. The summed E-state index contributed by atoms with van der Waals surface area (Å²) in [5, 5.41) is 7.95. The highest BCUT2D eigenvalue weighted by Crippen LogP contribution is 2.46. The van der Waals surface area contributed by atoms with E-state index in [2.05, 4.69) is 65.1 Å². The van der Waals surface area contributed by atoms with Gasteiger partial charge in [-0.25, -0.2) is 9.67 Å². The molecule has 1 saturated heterocycles. The van der Waals surface area contributed by atoms with Gasteiger partial charge in [0.05, 0.1) is 5.69 Å². The summed E-state index contributed by atoms with van der Waals surface area (Å²) in [6.45, 7) is 14.9. The Morgan fingerprint density at radius 2 is 1.96 bits per heavy atom. The molecule has 140 valence electrons. The lowest BCUT2D eigenvalue weighted by Gasteiger charge is -2.62. The molecule has 1 aliphatic rings. The summed E-state index contributed by atoms with van der Waals surface area (Å²) in [5.74, 6) is 1.78. The lowest BCUT2D eigenvalue weighted by Crippen LogP contribution is -2.72. The van der Waals surface area contributed by atoms with E-state index in [1.807, 2.05) is 37.8 Å². The van der Waals surface area contributed by atoms with Gasteiger partial charge in [-0.2, -0.15) is 5.10 Å². The molecule has 0 unspecified atom stereocenters. The molecule has 1 N–H and O–H groups in total. The molecule has 0 radical (unpaired) electrons. The monoisotopic (exact) mass is 354 g/mol. The molecule has 0 bridgehead atoms. The molecular weight excluding hydrogens is 324 g/mol. The summed E-state index contributed by atoms with van der Waals surface area (Å²) >= 11 is 0. The molecule has 0 aromatic carbocycles. The highest BCUT2D eigenvalue weighted by molar-refractivity contribution is 5.82. The molecule has 26 heavy (non-hydrogen) atoms. The predicted octanol–water partition coefficient (Wildman–Crippen LogP) is 3.08. The number of aryl methyl sites for hydroxylation is 2. The van der Waals surface area contributed by atoms with Crippen LogP contribution in [0.3, 0.4) is 0 Å². The first-order valence-corrected chi connectivity index (χ1v) is 9.12. The zero-order valence-corrected chi connectivity index (χ0v) is 17.0. The maximum absolute atomic E-state index is 4.56. The van der Waals surface area contributed by atoms with Crippen molar-refractivity contribution in [1.82, 2.24) is 25.0 Å². The molecule has 2 aromatic rings. The van der Waals surface area contributed by atoms with Crippen LogP contribution in [0.4, 0.5) is 0 Å². The third kappa shape index (κ3) is 3.08. The van der Waals surface area contributed by atoms with Gasteiger partial charge < -0.3 is 10.2 Å². The smallest absolute Gasteiger partial charge is 0.194 e. The van der Waals surface area contributed by atoms with Crippen LogP contribution in [0.1, 0.15) is 44.6 Å². The molecule has 0 aliphatic carbocycles. The summed E-state index contributed by atoms with van der Waals surface area (Å²) in [7, 11) is 1.84. The molecule has 1 aliphatic heterocycles. The highest BCUT2D eigenvalue weighted by Gasteiger charge is 2.53. The van der Waals surface area contributed by atoms with Crippen LogP contribution in [0, 0.1) is 19.3 Å².